The van der Waals surface area contributed by atoms with Crippen molar-refractivity contribution >= 4 is 35.0 Å². The van der Waals surface area contributed by atoms with Gasteiger partial charge in [0.15, 0.2) is 0 Å². The van der Waals surface area contributed by atoms with Crippen LogP contribution in [-0.4, -0.2) is 6.54 Å². The maximum absolute atomic E-state index is 5.89. The van der Waals surface area contributed by atoms with Crippen LogP contribution in [0.4, 0.5) is 0 Å². The third-order valence-corrected chi connectivity index (χ3v) is 2.43. The highest BCUT2D eigenvalue weighted by Gasteiger charge is 2.03. The zero-order valence-corrected chi connectivity index (χ0v) is 10.2. The molecule has 0 saturated carbocycles. The topological polar surface area (TPSA) is 52.0 Å². The smallest absolute Gasteiger partial charge is 0.0307 e. The molecule has 0 amide bonds. The zero-order valence-electron chi connectivity index (χ0n) is 7.24. The highest BCUT2D eigenvalue weighted by molar-refractivity contribution is 14.1. The van der Waals surface area contributed by atoms with Gasteiger partial charge in [0.25, 0.3) is 0 Å². The molecule has 0 fully saturated rings. The van der Waals surface area contributed by atoms with Crippen LogP contribution in [-0.2, 0) is 0 Å². The Labute approximate surface area is 98.6 Å². The van der Waals surface area contributed by atoms with Crippen molar-refractivity contribution in [2.45, 2.75) is 12.5 Å². The van der Waals surface area contributed by atoms with Gasteiger partial charge in [-0.25, -0.2) is 0 Å². The Morgan fingerprint density at radius 3 is 2.62 bits per heavy atom. The van der Waals surface area contributed by atoms with E-state index in [1.54, 1.807) is 0 Å². The Morgan fingerprint density at radius 2 is 2.08 bits per heavy atom. The number of benzene rings is 1. The maximum Gasteiger partial charge on any atom is 0.0307 e. The van der Waals surface area contributed by atoms with Gasteiger partial charge in [-0.05, 0) is 53.3 Å². The Bertz CT molecular complexity index is 255. The minimum absolute atomic E-state index is 0. The second-order valence-electron chi connectivity index (χ2n) is 2.74. The molecule has 1 aromatic rings. The maximum atomic E-state index is 5.89. The fourth-order valence-corrected chi connectivity index (χ4v) is 1.65. The average molecular weight is 313 g/mol. The summed E-state index contributed by atoms with van der Waals surface area (Å²) in [5.41, 5.74) is 12.5. The van der Waals surface area contributed by atoms with E-state index in [4.69, 9.17) is 11.5 Å². The van der Waals surface area contributed by atoms with Gasteiger partial charge in [0.1, 0.15) is 0 Å². The lowest BCUT2D eigenvalue weighted by molar-refractivity contribution is 0.661. The summed E-state index contributed by atoms with van der Waals surface area (Å²) >= 11 is 2.28. The van der Waals surface area contributed by atoms with Crippen molar-refractivity contribution in [3.63, 3.8) is 0 Å². The Hall–Kier alpha value is 0.160. The Morgan fingerprint density at radius 1 is 1.38 bits per heavy atom. The van der Waals surface area contributed by atoms with Gasteiger partial charge in [-0.2, -0.15) is 0 Å². The van der Waals surface area contributed by atoms with Crippen molar-refractivity contribution in [1.82, 2.24) is 0 Å². The molecule has 0 spiro atoms. The first-order valence-corrected chi connectivity index (χ1v) is 5.03. The average Bonchev–Trinajstić information content (AvgIpc) is 2.05. The number of hydrogen-bond donors (Lipinski definition) is 2. The van der Waals surface area contributed by atoms with Gasteiger partial charge in [0.05, 0.1) is 0 Å². The van der Waals surface area contributed by atoms with Crippen molar-refractivity contribution in [3.8, 4) is 0 Å². The Balaban J connectivity index is 0.00000144. The molecular weight excluding hydrogens is 298 g/mol. The minimum atomic E-state index is 0. The lowest BCUT2D eigenvalue weighted by Crippen LogP contribution is -2.15. The van der Waals surface area contributed by atoms with Gasteiger partial charge < -0.3 is 11.5 Å². The zero-order chi connectivity index (χ0) is 8.97. The molecule has 0 radical (unpaired) electrons. The fraction of sp³-hybridized carbons (Fsp3) is 0.333. The van der Waals surface area contributed by atoms with Crippen molar-refractivity contribution in [2.24, 2.45) is 11.5 Å². The van der Waals surface area contributed by atoms with Gasteiger partial charge in [0.2, 0.25) is 0 Å². The van der Waals surface area contributed by atoms with Crippen molar-refractivity contribution in [2.75, 3.05) is 6.54 Å². The summed E-state index contributed by atoms with van der Waals surface area (Å²) in [6.07, 6.45) is 0.847. The minimum Gasteiger partial charge on any atom is -0.330 e. The van der Waals surface area contributed by atoms with Gasteiger partial charge >= 0.3 is 0 Å². The molecule has 0 aliphatic carbocycles. The summed E-state index contributed by atoms with van der Waals surface area (Å²) in [4.78, 5) is 0. The molecule has 74 valence electrons. The second kappa shape index (κ2) is 6.59. The molecule has 0 saturated heterocycles. The summed E-state index contributed by atoms with van der Waals surface area (Å²) in [6, 6.07) is 8.31. The predicted molar refractivity (Wildman–Crippen MR) is 67.0 cm³/mol. The molecule has 4 N–H and O–H groups in total. The molecule has 1 aromatic carbocycles. The van der Waals surface area contributed by atoms with Crippen molar-refractivity contribution in [1.29, 1.82) is 0 Å². The van der Waals surface area contributed by atoms with Gasteiger partial charge in [-0.15, -0.1) is 12.4 Å². The molecule has 1 atom stereocenters. The molecule has 0 heterocycles. The van der Waals surface area contributed by atoms with Gasteiger partial charge in [-0.3, -0.25) is 0 Å². The van der Waals surface area contributed by atoms with Crippen LogP contribution in [0.1, 0.15) is 18.0 Å². The fourth-order valence-electron chi connectivity index (χ4n) is 1.08. The third-order valence-electron chi connectivity index (χ3n) is 1.75. The van der Waals surface area contributed by atoms with E-state index >= 15 is 0 Å². The summed E-state index contributed by atoms with van der Waals surface area (Å²) in [5.74, 6) is 0. The number of hydrogen-bond acceptors (Lipinski definition) is 2. The molecule has 0 unspecified atom stereocenters. The summed E-state index contributed by atoms with van der Waals surface area (Å²) in [5, 5.41) is 0. The molecular formula is C9H14ClIN2. The molecule has 0 aliphatic heterocycles. The lowest BCUT2D eigenvalue weighted by atomic mass is 10.1. The first-order valence-electron chi connectivity index (χ1n) is 3.95. The van der Waals surface area contributed by atoms with Gasteiger partial charge in [-0.1, -0.05) is 12.1 Å². The predicted octanol–water partition coefficient (Wildman–Crippen LogP) is 2.06. The standard InChI is InChI=1S/C9H13IN2.ClH/c10-8-3-1-2-7(6-8)9(12)4-5-11;/h1-3,6,9H,4-5,11-12H2;1H/t9-;/m0./s1. The second-order valence-corrected chi connectivity index (χ2v) is 3.98. The third kappa shape index (κ3) is 4.26. The normalized spacial score (nSPS) is 11.9. The number of halogens is 2. The Kier molecular flexibility index (Phi) is 6.67. The summed E-state index contributed by atoms with van der Waals surface area (Å²) in [6.45, 7) is 0.645. The summed E-state index contributed by atoms with van der Waals surface area (Å²) < 4.78 is 1.22. The summed E-state index contributed by atoms with van der Waals surface area (Å²) in [7, 11) is 0. The number of nitrogens with two attached hydrogens (primary N) is 2. The molecule has 0 aliphatic rings. The first kappa shape index (κ1) is 13.2. The van der Waals surface area contributed by atoms with E-state index in [0.717, 1.165) is 6.42 Å². The van der Waals surface area contributed by atoms with E-state index in [0.29, 0.717) is 6.54 Å². The van der Waals surface area contributed by atoms with Crippen LogP contribution in [0.25, 0.3) is 0 Å². The van der Waals surface area contributed by atoms with E-state index < -0.39 is 0 Å². The molecule has 2 nitrogen and oxygen atoms in total. The number of rotatable bonds is 3. The monoisotopic (exact) mass is 312 g/mol. The highest BCUT2D eigenvalue weighted by Crippen LogP contribution is 2.15. The quantitative estimate of drug-likeness (QED) is 0.840. The molecule has 0 aromatic heterocycles. The van der Waals surface area contributed by atoms with Crippen LogP contribution in [0.2, 0.25) is 0 Å². The molecule has 1 rings (SSSR count). The SMILES string of the molecule is Cl.NCC[C@H](N)c1cccc(I)c1. The van der Waals surface area contributed by atoms with Crippen LogP contribution in [0.15, 0.2) is 24.3 Å². The largest absolute Gasteiger partial charge is 0.330 e. The van der Waals surface area contributed by atoms with Crippen LogP contribution >= 0.6 is 35.0 Å². The molecule has 13 heavy (non-hydrogen) atoms. The van der Waals surface area contributed by atoms with Gasteiger partial charge in [0, 0.05) is 9.61 Å². The van der Waals surface area contributed by atoms with Crippen LogP contribution in [0.5, 0.6) is 0 Å². The molecule has 4 heteroatoms. The van der Waals surface area contributed by atoms with Crippen LogP contribution in [0.3, 0.4) is 0 Å². The molecule has 0 bridgehead atoms. The van der Waals surface area contributed by atoms with E-state index in [1.807, 2.05) is 12.1 Å². The van der Waals surface area contributed by atoms with Crippen LogP contribution < -0.4 is 11.5 Å². The van der Waals surface area contributed by atoms with Crippen LogP contribution in [0, 0.1) is 3.57 Å². The van der Waals surface area contributed by atoms with E-state index in [-0.39, 0.29) is 18.4 Å². The lowest BCUT2D eigenvalue weighted by Gasteiger charge is -2.10. The van der Waals surface area contributed by atoms with E-state index in [9.17, 15) is 0 Å². The van der Waals surface area contributed by atoms with E-state index in [2.05, 4.69) is 34.7 Å². The van der Waals surface area contributed by atoms with Crippen molar-refractivity contribution < 1.29 is 0 Å². The van der Waals surface area contributed by atoms with Crippen molar-refractivity contribution in [3.05, 3.63) is 33.4 Å². The highest BCUT2D eigenvalue weighted by atomic mass is 127. The van der Waals surface area contributed by atoms with E-state index in [1.165, 1.54) is 9.13 Å². The first-order chi connectivity index (χ1) is 5.74.